The van der Waals surface area contributed by atoms with Crippen LogP contribution in [0.15, 0.2) is 12.1 Å². The van der Waals surface area contributed by atoms with E-state index in [1.807, 2.05) is 12.1 Å². The molecule has 1 atom stereocenters. The highest BCUT2D eigenvalue weighted by Crippen LogP contribution is 2.41. The summed E-state index contributed by atoms with van der Waals surface area (Å²) in [5, 5.41) is 0.830. The Morgan fingerprint density at radius 1 is 1.50 bits per heavy atom. The van der Waals surface area contributed by atoms with E-state index in [1.54, 1.807) is 0 Å². The fourth-order valence-corrected chi connectivity index (χ4v) is 2.92. The molecule has 2 rings (SSSR count). The molecule has 0 saturated carbocycles. The average molecular weight is 264 g/mol. The van der Waals surface area contributed by atoms with Crippen molar-refractivity contribution in [3.8, 4) is 18.1 Å². The predicted molar refractivity (Wildman–Crippen MR) is 75.1 cm³/mol. The molecule has 1 aromatic rings. The molecule has 0 amide bonds. The minimum absolute atomic E-state index is 0.306. The van der Waals surface area contributed by atoms with Gasteiger partial charge in [-0.1, -0.05) is 17.5 Å². The number of hydrogen-bond acceptors (Lipinski definition) is 2. The lowest BCUT2D eigenvalue weighted by Crippen LogP contribution is -2.25. The maximum atomic E-state index is 6.36. The van der Waals surface area contributed by atoms with Crippen LogP contribution in [-0.4, -0.2) is 25.6 Å². The van der Waals surface area contributed by atoms with E-state index in [0.29, 0.717) is 12.6 Å². The van der Waals surface area contributed by atoms with Crippen LogP contribution in [0.4, 0.5) is 0 Å². The van der Waals surface area contributed by atoms with E-state index in [0.717, 1.165) is 30.0 Å². The van der Waals surface area contributed by atoms with E-state index in [1.165, 1.54) is 11.1 Å². The van der Waals surface area contributed by atoms with Crippen molar-refractivity contribution in [2.75, 3.05) is 20.7 Å². The Balaban J connectivity index is 2.44. The van der Waals surface area contributed by atoms with Crippen molar-refractivity contribution in [2.45, 2.75) is 25.3 Å². The van der Waals surface area contributed by atoms with Gasteiger partial charge in [-0.25, -0.2) is 0 Å². The van der Waals surface area contributed by atoms with Crippen LogP contribution in [0.1, 0.15) is 30.0 Å². The maximum Gasteiger partial charge on any atom is 0.148 e. The average Bonchev–Trinajstić information content (AvgIpc) is 2.37. The standard InChI is InChI=1S/C15H18ClNO/c1-4-10-18-14-9-8-12(16)15-11(14)6-5-7-13(15)17(2)3/h1,8-9,13H,5-7,10H2,2-3H3. The molecule has 0 N–H and O–H groups in total. The van der Waals surface area contributed by atoms with Gasteiger partial charge in [-0.15, -0.1) is 6.42 Å². The van der Waals surface area contributed by atoms with Crippen molar-refractivity contribution < 1.29 is 4.74 Å². The summed E-state index contributed by atoms with van der Waals surface area (Å²) in [6, 6.07) is 4.21. The summed E-state index contributed by atoms with van der Waals surface area (Å²) in [6.45, 7) is 0.306. The van der Waals surface area contributed by atoms with Crippen LogP contribution in [0.3, 0.4) is 0 Å². The highest BCUT2D eigenvalue weighted by molar-refractivity contribution is 6.31. The Morgan fingerprint density at radius 3 is 2.94 bits per heavy atom. The summed E-state index contributed by atoms with van der Waals surface area (Å²) in [5.41, 5.74) is 2.44. The van der Waals surface area contributed by atoms with Gasteiger partial charge in [0.15, 0.2) is 0 Å². The molecule has 18 heavy (non-hydrogen) atoms. The lowest BCUT2D eigenvalue weighted by molar-refractivity contribution is 0.265. The van der Waals surface area contributed by atoms with Gasteiger partial charge in [0, 0.05) is 16.6 Å². The molecule has 0 aliphatic heterocycles. The van der Waals surface area contributed by atoms with E-state index in [9.17, 15) is 0 Å². The first-order chi connectivity index (χ1) is 8.65. The van der Waals surface area contributed by atoms with Crippen molar-refractivity contribution in [3.63, 3.8) is 0 Å². The number of fused-ring (bicyclic) bond motifs is 1. The molecule has 0 fully saturated rings. The molecule has 0 heterocycles. The molecular weight excluding hydrogens is 246 g/mol. The van der Waals surface area contributed by atoms with Crippen LogP contribution in [0.25, 0.3) is 0 Å². The van der Waals surface area contributed by atoms with Crippen molar-refractivity contribution in [3.05, 3.63) is 28.3 Å². The summed E-state index contributed by atoms with van der Waals surface area (Å²) in [4.78, 5) is 2.22. The first-order valence-electron chi connectivity index (χ1n) is 6.19. The van der Waals surface area contributed by atoms with Crippen LogP contribution in [-0.2, 0) is 6.42 Å². The predicted octanol–water partition coefficient (Wildman–Crippen LogP) is 3.29. The number of ether oxygens (including phenoxy) is 1. The summed E-state index contributed by atoms with van der Waals surface area (Å²) < 4.78 is 5.62. The minimum atomic E-state index is 0.306. The lowest BCUT2D eigenvalue weighted by atomic mass is 9.86. The Bertz CT molecular complexity index is 476. The number of terminal acetylenes is 1. The van der Waals surface area contributed by atoms with Gasteiger partial charge in [-0.2, -0.15) is 0 Å². The lowest BCUT2D eigenvalue weighted by Gasteiger charge is -2.32. The first kappa shape index (κ1) is 13.3. The highest BCUT2D eigenvalue weighted by Gasteiger charge is 2.26. The number of hydrogen-bond donors (Lipinski definition) is 0. The molecule has 3 heteroatoms. The van der Waals surface area contributed by atoms with Crippen LogP contribution < -0.4 is 4.74 Å². The second-order valence-corrected chi connectivity index (χ2v) is 5.21. The summed E-state index contributed by atoms with van der Waals surface area (Å²) in [5.74, 6) is 3.39. The fourth-order valence-electron chi connectivity index (χ4n) is 2.62. The Hall–Kier alpha value is -1.17. The number of nitrogens with zero attached hydrogens (tertiary/aromatic N) is 1. The fraction of sp³-hybridized carbons (Fsp3) is 0.467. The molecule has 96 valence electrons. The maximum absolute atomic E-state index is 6.36. The summed E-state index contributed by atoms with van der Waals surface area (Å²) in [6.07, 6.45) is 8.56. The Morgan fingerprint density at radius 2 is 2.28 bits per heavy atom. The van der Waals surface area contributed by atoms with Gasteiger partial charge in [0.05, 0.1) is 0 Å². The van der Waals surface area contributed by atoms with Gasteiger partial charge in [-0.3, -0.25) is 0 Å². The zero-order valence-electron chi connectivity index (χ0n) is 10.9. The molecule has 0 saturated heterocycles. The second-order valence-electron chi connectivity index (χ2n) is 4.80. The zero-order chi connectivity index (χ0) is 13.1. The van der Waals surface area contributed by atoms with Gasteiger partial charge >= 0.3 is 0 Å². The quantitative estimate of drug-likeness (QED) is 0.776. The third-order valence-electron chi connectivity index (χ3n) is 3.43. The van der Waals surface area contributed by atoms with Crippen molar-refractivity contribution >= 4 is 11.6 Å². The van der Waals surface area contributed by atoms with E-state index in [-0.39, 0.29) is 0 Å². The third kappa shape index (κ3) is 2.48. The normalized spacial score (nSPS) is 18.3. The largest absolute Gasteiger partial charge is 0.481 e. The molecule has 0 spiro atoms. The van der Waals surface area contributed by atoms with Gasteiger partial charge in [0.25, 0.3) is 0 Å². The van der Waals surface area contributed by atoms with Crippen molar-refractivity contribution in [1.29, 1.82) is 0 Å². The Labute approximate surface area is 114 Å². The summed E-state index contributed by atoms with van der Waals surface area (Å²) >= 11 is 6.36. The molecule has 1 aromatic carbocycles. The van der Waals surface area contributed by atoms with Crippen molar-refractivity contribution in [2.24, 2.45) is 0 Å². The Kier molecular flexibility index (Phi) is 4.16. The van der Waals surface area contributed by atoms with Crippen molar-refractivity contribution in [1.82, 2.24) is 4.90 Å². The summed E-state index contributed by atoms with van der Waals surface area (Å²) in [7, 11) is 4.18. The van der Waals surface area contributed by atoms with Gasteiger partial charge in [0.2, 0.25) is 0 Å². The van der Waals surface area contributed by atoms with Crippen LogP contribution in [0, 0.1) is 12.3 Å². The minimum Gasteiger partial charge on any atom is -0.481 e. The third-order valence-corrected chi connectivity index (χ3v) is 3.76. The number of halogens is 1. The molecule has 1 unspecified atom stereocenters. The van der Waals surface area contributed by atoms with Gasteiger partial charge in [-0.05, 0) is 51.1 Å². The monoisotopic (exact) mass is 263 g/mol. The van der Waals surface area contributed by atoms with E-state index >= 15 is 0 Å². The van der Waals surface area contributed by atoms with Gasteiger partial charge in [0.1, 0.15) is 12.4 Å². The second kappa shape index (κ2) is 5.65. The zero-order valence-corrected chi connectivity index (χ0v) is 11.6. The highest BCUT2D eigenvalue weighted by atomic mass is 35.5. The van der Waals surface area contributed by atoms with E-state index in [2.05, 4.69) is 24.9 Å². The molecule has 0 bridgehead atoms. The smallest absolute Gasteiger partial charge is 0.148 e. The van der Waals surface area contributed by atoms with Crippen LogP contribution in [0.2, 0.25) is 5.02 Å². The molecule has 0 aromatic heterocycles. The molecule has 1 aliphatic rings. The molecule has 0 radical (unpaired) electrons. The molecule has 2 nitrogen and oxygen atoms in total. The topological polar surface area (TPSA) is 12.5 Å². The van der Waals surface area contributed by atoms with Crippen LogP contribution in [0.5, 0.6) is 5.75 Å². The molecule has 1 aliphatic carbocycles. The number of rotatable bonds is 3. The molecular formula is C15H18ClNO. The van der Waals surface area contributed by atoms with E-state index < -0.39 is 0 Å². The first-order valence-corrected chi connectivity index (χ1v) is 6.57. The van der Waals surface area contributed by atoms with Gasteiger partial charge < -0.3 is 9.64 Å². The van der Waals surface area contributed by atoms with E-state index in [4.69, 9.17) is 22.8 Å². The SMILES string of the molecule is C#CCOc1ccc(Cl)c2c1CCCC2N(C)C. The number of benzene rings is 1. The van der Waals surface area contributed by atoms with Crippen LogP contribution >= 0.6 is 11.6 Å².